The Balaban J connectivity index is 0. The minimum absolute atomic E-state index is 0.00947. The Morgan fingerprint density at radius 1 is 1.21 bits per heavy atom. The van der Waals surface area contributed by atoms with Crippen LogP contribution in [0, 0.1) is 0 Å². The number of hydrogen-bond acceptors (Lipinski definition) is 2. The lowest BCUT2D eigenvalue weighted by Gasteiger charge is -2.48. The zero-order valence-electron chi connectivity index (χ0n) is 13.7. The molecule has 4 nitrogen and oxygen atoms in total. The van der Waals surface area contributed by atoms with Crippen molar-refractivity contribution in [1.82, 2.24) is 0 Å². The number of carbonyl (C=O) groups is 1. The molecule has 0 aliphatic heterocycles. The van der Waals surface area contributed by atoms with Crippen molar-refractivity contribution in [3.8, 4) is 0 Å². The predicted molar refractivity (Wildman–Crippen MR) is 83.8 cm³/mol. The van der Waals surface area contributed by atoms with E-state index in [9.17, 15) is 9.69 Å². The Bertz CT molecular complexity index is 252. The quantitative estimate of drug-likeness (QED) is 0.560. The number of hydrogen-bond donors (Lipinski definition) is 2. The third-order valence-corrected chi connectivity index (χ3v) is 4.48. The van der Waals surface area contributed by atoms with Gasteiger partial charge in [-0.1, -0.05) is 13.8 Å². The van der Waals surface area contributed by atoms with E-state index in [4.69, 9.17) is 5.11 Å². The van der Waals surface area contributed by atoms with Crippen molar-refractivity contribution in [2.75, 3.05) is 32.5 Å². The van der Waals surface area contributed by atoms with Crippen molar-refractivity contribution in [3.63, 3.8) is 0 Å². The van der Waals surface area contributed by atoms with E-state index in [2.05, 4.69) is 27.7 Å². The van der Waals surface area contributed by atoms with E-state index in [1.165, 1.54) is 0 Å². The molecule has 2 unspecified atom stereocenters. The van der Waals surface area contributed by atoms with Gasteiger partial charge in [-0.3, -0.25) is 4.79 Å². The van der Waals surface area contributed by atoms with Gasteiger partial charge in [0.25, 0.3) is 0 Å². The fraction of sp³-hybridized carbons (Fsp3) is 0.929. The number of quaternary nitrogens is 1. The normalized spacial score (nSPS) is 16.0. The Kier molecular flexibility index (Phi) is 10.8. The highest BCUT2D eigenvalue weighted by atomic mass is 31.1. The molecule has 0 aromatic carbocycles. The smallest absolute Gasteiger partial charge is 0.309 e. The standard InChI is InChI=1S/C12H26NO3P.C2H6/c1-6-13(12(2,3)4,8-7-11(14)15)9-10-17(5)16;1-2/h16H,6-10H2,1-5H3;1-2H3/p+1. The van der Waals surface area contributed by atoms with Crippen molar-refractivity contribution >= 4 is 14.1 Å². The van der Waals surface area contributed by atoms with Crippen LogP contribution in [-0.4, -0.2) is 58.5 Å². The molecule has 0 aromatic heterocycles. The molecule has 0 heterocycles. The SMILES string of the molecule is CC.CC[N+](CCC(=O)O)(CCP(C)O)C(C)(C)C. The van der Waals surface area contributed by atoms with Gasteiger partial charge in [-0.05, 0) is 34.4 Å². The number of carboxylic acid groups (broad SMARTS) is 1. The highest BCUT2D eigenvalue weighted by Gasteiger charge is 2.38. The van der Waals surface area contributed by atoms with Crippen LogP contribution >= 0.6 is 8.15 Å². The molecule has 0 radical (unpaired) electrons. The van der Waals surface area contributed by atoms with Crippen molar-refractivity contribution in [1.29, 1.82) is 0 Å². The summed E-state index contributed by atoms with van der Waals surface area (Å²) in [6.45, 7) is 16.8. The van der Waals surface area contributed by atoms with Gasteiger partial charge in [0, 0.05) is 14.3 Å². The molecule has 0 aliphatic rings. The number of rotatable bonds is 7. The van der Waals surface area contributed by atoms with Gasteiger partial charge in [-0.2, -0.15) is 0 Å². The van der Waals surface area contributed by atoms with Gasteiger partial charge in [-0.25, -0.2) is 0 Å². The minimum Gasteiger partial charge on any atom is -0.481 e. The molecule has 0 aromatic rings. The number of carboxylic acids is 1. The summed E-state index contributed by atoms with van der Waals surface area (Å²) in [5.74, 6) is -0.743. The predicted octanol–water partition coefficient (Wildman–Crippen LogP) is 3.14. The molecule has 0 saturated carbocycles. The summed E-state index contributed by atoms with van der Waals surface area (Å²) in [5.41, 5.74) is 0.00947. The van der Waals surface area contributed by atoms with Crippen LogP contribution in [0.1, 0.15) is 48.0 Å². The average molecular weight is 294 g/mol. The maximum atomic E-state index is 10.8. The lowest BCUT2D eigenvalue weighted by molar-refractivity contribution is -0.966. The second kappa shape index (κ2) is 9.68. The Hall–Kier alpha value is -0.180. The highest BCUT2D eigenvalue weighted by Crippen LogP contribution is 2.30. The van der Waals surface area contributed by atoms with E-state index in [-0.39, 0.29) is 12.0 Å². The molecule has 5 heteroatoms. The van der Waals surface area contributed by atoms with Crippen LogP contribution in [0.3, 0.4) is 0 Å². The molecule has 116 valence electrons. The summed E-state index contributed by atoms with van der Waals surface area (Å²) in [4.78, 5) is 20.3. The molecule has 0 saturated heterocycles. The minimum atomic E-state index is -0.907. The van der Waals surface area contributed by atoms with E-state index in [1.54, 1.807) is 0 Å². The van der Waals surface area contributed by atoms with Crippen molar-refractivity contribution in [2.45, 2.75) is 53.5 Å². The van der Waals surface area contributed by atoms with Crippen LogP contribution in [-0.2, 0) is 4.79 Å². The summed E-state index contributed by atoms with van der Waals surface area (Å²) < 4.78 is 0.756. The first kappa shape index (κ1) is 21.1. The molecule has 0 fully saturated rings. The summed E-state index contributed by atoms with van der Waals surface area (Å²) in [6.07, 6.45) is 0.970. The average Bonchev–Trinajstić information content (AvgIpc) is 2.30. The summed E-state index contributed by atoms with van der Waals surface area (Å²) in [5, 5.41) is 8.86. The first-order valence-corrected chi connectivity index (χ1v) is 9.05. The molecule has 0 rings (SSSR count). The van der Waals surface area contributed by atoms with Crippen LogP contribution < -0.4 is 0 Å². The molecule has 0 amide bonds. The molecule has 19 heavy (non-hydrogen) atoms. The topological polar surface area (TPSA) is 57.5 Å². The fourth-order valence-electron chi connectivity index (χ4n) is 2.22. The zero-order valence-corrected chi connectivity index (χ0v) is 14.6. The van der Waals surface area contributed by atoms with E-state index < -0.39 is 14.1 Å². The second-order valence-electron chi connectivity index (χ2n) is 5.60. The van der Waals surface area contributed by atoms with Gasteiger partial charge in [0.1, 0.15) is 0 Å². The first-order valence-electron chi connectivity index (χ1n) is 7.12. The van der Waals surface area contributed by atoms with E-state index >= 15 is 0 Å². The lowest BCUT2D eigenvalue weighted by atomic mass is 10.0. The third kappa shape index (κ3) is 7.86. The van der Waals surface area contributed by atoms with Gasteiger partial charge in [-0.15, -0.1) is 0 Å². The second-order valence-corrected chi connectivity index (χ2v) is 7.37. The Morgan fingerprint density at radius 2 is 1.68 bits per heavy atom. The first-order chi connectivity index (χ1) is 8.64. The largest absolute Gasteiger partial charge is 0.481 e. The molecular formula is C14H33NO3P+. The van der Waals surface area contributed by atoms with Gasteiger partial charge >= 0.3 is 5.97 Å². The maximum absolute atomic E-state index is 10.8. The highest BCUT2D eigenvalue weighted by molar-refractivity contribution is 7.50. The Morgan fingerprint density at radius 3 is 1.95 bits per heavy atom. The van der Waals surface area contributed by atoms with Gasteiger partial charge in [0.15, 0.2) is 0 Å². The molecule has 0 spiro atoms. The molecule has 0 aliphatic carbocycles. The summed E-state index contributed by atoms with van der Waals surface area (Å²) >= 11 is 0. The van der Waals surface area contributed by atoms with Gasteiger partial charge in [0.2, 0.25) is 0 Å². The van der Waals surface area contributed by atoms with Crippen molar-refractivity contribution < 1.29 is 19.3 Å². The fourth-order valence-corrected chi connectivity index (χ4v) is 2.89. The molecule has 0 bridgehead atoms. The summed E-state index contributed by atoms with van der Waals surface area (Å²) in [7, 11) is -0.907. The molecule has 2 N–H and O–H groups in total. The van der Waals surface area contributed by atoms with E-state index in [0.29, 0.717) is 6.54 Å². The van der Waals surface area contributed by atoms with E-state index in [1.807, 2.05) is 20.5 Å². The van der Waals surface area contributed by atoms with Gasteiger partial charge in [0.05, 0.1) is 31.6 Å². The van der Waals surface area contributed by atoms with Crippen molar-refractivity contribution in [2.24, 2.45) is 0 Å². The van der Waals surface area contributed by atoms with Crippen LogP contribution in [0.5, 0.6) is 0 Å². The van der Waals surface area contributed by atoms with E-state index in [0.717, 1.165) is 23.7 Å². The zero-order chi connectivity index (χ0) is 15.7. The van der Waals surface area contributed by atoms with Crippen LogP contribution in [0.2, 0.25) is 0 Å². The summed E-state index contributed by atoms with van der Waals surface area (Å²) in [6, 6.07) is 0. The monoisotopic (exact) mass is 294 g/mol. The van der Waals surface area contributed by atoms with Crippen molar-refractivity contribution in [3.05, 3.63) is 0 Å². The lowest BCUT2D eigenvalue weighted by Crippen LogP contribution is -2.61. The third-order valence-electron chi connectivity index (χ3n) is 3.63. The van der Waals surface area contributed by atoms with Crippen LogP contribution in [0.15, 0.2) is 0 Å². The van der Waals surface area contributed by atoms with Crippen LogP contribution in [0.4, 0.5) is 0 Å². The van der Waals surface area contributed by atoms with Gasteiger partial charge < -0.3 is 14.5 Å². The maximum Gasteiger partial charge on any atom is 0.309 e. The number of nitrogens with zero attached hydrogens (tertiary/aromatic N) is 1. The van der Waals surface area contributed by atoms with Crippen LogP contribution in [0.25, 0.3) is 0 Å². The Labute approximate surface area is 120 Å². The molecule has 2 atom stereocenters. The number of aliphatic carboxylic acids is 1. The molecular weight excluding hydrogens is 261 g/mol.